The Bertz CT molecular complexity index is 1090. The minimum Gasteiger partial charge on any atom is -0.467 e. The van der Waals surface area contributed by atoms with Crippen LogP contribution in [0.25, 0.3) is 0 Å². The van der Waals surface area contributed by atoms with Crippen LogP contribution >= 0.6 is 0 Å². The number of carbonyl (C=O) groups excluding carboxylic acids is 2. The van der Waals surface area contributed by atoms with Crippen molar-refractivity contribution in [3.8, 4) is 0 Å². The quantitative estimate of drug-likeness (QED) is 0.602. The first kappa shape index (κ1) is 18.7. The van der Waals surface area contributed by atoms with E-state index in [0.29, 0.717) is 29.1 Å². The average Bonchev–Trinajstić information content (AvgIpc) is 3.15. The predicted molar refractivity (Wildman–Crippen MR) is 103 cm³/mol. The number of aliphatic imine (C=N–C) groups is 1. The van der Waals surface area contributed by atoms with Gasteiger partial charge in [0.25, 0.3) is 6.47 Å². The SMILES string of the molecule is Cn1cnnc1C1C=Nc2cccc(C(COC=O)c3ccc(F)cc3)c2C1=O. The number of ether oxygens (including phenoxy) is 1. The number of rotatable bonds is 6. The van der Waals surface area contributed by atoms with E-state index in [1.54, 1.807) is 48.2 Å². The lowest BCUT2D eigenvalue weighted by molar-refractivity contribution is -0.128. The van der Waals surface area contributed by atoms with Crippen molar-refractivity contribution in [1.29, 1.82) is 0 Å². The van der Waals surface area contributed by atoms with Crippen molar-refractivity contribution in [2.24, 2.45) is 12.0 Å². The molecule has 2 atom stereocenters. The number of Topliss-reactive ketones (excluding diaryl/α,β-unsaturated/α-hetero) is 1. The average molecular weight is 392 g/mol. The van der Waals surface area contributed by atoms with Crippen LogP contribution in [0.3, 0.4) is 0 Å². The molecule has 4 rings (SSSR count). The van der Waals surface area contributed by atoms with Gasteiger partial charge in [0, 0.05) is 24.7 Å². The highest BCUT2D eigenvalue weighted by Gasteiger charge is 2.33. The van der Waals surface area contributed by atoms with Crippen molar-refractivity contribution >= 4 is 24.2 Å². The molecular weight excluding hydrogens is 375 g/mol. The Balaban J connectivity index is 1.82. The number of aromatic nitrogens is 3. The molecule has 1 aliphatic heterocycles. The summed E-state index contributed by atoms with van der Waals surface area (Å²) in [6, 6.07) is 11.2. The number of ketones is 1. The molecule has 146 valence electrons. The molecular formula is C21H17FN4O3. The summed E-state index contributed by atoms with van der Waals surface area (Å²) in [6.07, 6.45) is 3.09. The van der Waals surface area contributed by atoms with E-state index in [-0.39, 0.29) is 18.2 Å². The zero-order chi connectivity index (χ0) is 20.4. The molecule has 0 N–H and O–H groups in total. The van der Waals surface area contributed by atoms with E-state index >= 15 is 0 Å². The number of halogens is 1. The van der Waals surface area contributed by atoms with E-state index in [9.17, 15) is 14.0 Å². The highest BCUT2D eigenvalue weighted by molar-refractivity contribution is 6.16. The first-order valence-electron chi connectivity index (χ1n) is 8.96. The second-order valence-electron chi connectivity index (χ2n) is 6.70. The van der Waals surface area contributed by atoms with Crippen molar-refractivity contribution in [2.75, 3.05) is 6.61 Å². The van der Waals surface area contributed by atoms with Gasteiger partial charge in [-0.3, -0.25) is 14.6 Å². The van der Waals surface area contributed by atoms with Gasteiger partial charge in [-0.2, -0.15) is 0 Å². The second-order valence-corrected chi connectivity index (χ2v) is 6.70. The molecule has 3 aromatic rings. The summed E-state index contributed by atoms with van der Waals surface area (Å²) in [4.78, 5) is 28.7. The number of nitrogens with zero attached hydrogens (tertiary/aromatic N) is 4. The summed E-state index contributed by atoms with van der Waals surface area (Å²) < 4.78 is 20.1. The zero-order valence-electron chi connectivity index (χ0n) is 15.5. The zero-order valence-corrected chi connectivity index (χ0v) is 15.5. The molecule has 1 aromatic heterocycles. The number of fused-ring (bicyclic) bond motifs is 1. The van der Waals surface area contributed by atoms with E-state index in [4.69, 9.17) is 4.74 Å². The van der Waals surface area contributed by atoms with Crippen molar-refractivity contribution < 1.29 is 18.7 Å². The Morgan fingerprint density at radius 1 is 1.24 bits per heavy atom. The van der Waals surface area contributed by atoms with Crippen LogP contribution in [0.5, 0.6) is 0 Å². The van der Waals surface area contributed by atoms with Gasteiger partial charge in [-0.05, 0) is 29.3 Å². The Labute approximate surface area is 165 Å². The molecule has 2 unspecified atom stereocenters. The molecule has 29 heavy (non-hydrogen) atoms. The topological polar surface area (TPSA) is 86.4 Å². The molecule has 1 aliphatic rings. The molecule has 8 heteroatoms. The maximum Gasteiger partial charge on any atom is 0.293 e. The van der Waals surface area contributed by atoms with Crippen LogP contribution in [0.2, 0.25) is 0 Å². The molecule has 0 amide bonds. The summed E-state index contributed by atoms with van der Waals surface area (Å²) in [6.45, 7) is 0.367. The Morgan fingerprint density at radius 3 is 2.72 bits per heavy atom. The number of hydrogen-bond acceptors (Lipinski definition) is 6. The summed E-state index contributed by atoms with van der Waals surface area (Å²) in [5.74, 6) is -1.17. The van der Waals surface area contributed by atoms with E-state index in [2.05, 4.69) is 15.2 Å². The van der Waals surface area contributed by atoms with Crippen LogP contribution in [0.4, 0.5) is 10.1 Å². The van der Waals surface area contributed by atoms with Gasteiger partial charge < -0.3 is 9.30 Å². The third-order valence-electron chi connectivity index (χ3n) is 4.97. The van der Waals surface area contributed by atoms with E-state index in [1.165, 1.54) is 18.5 Å². The van der Waals surface area contributed by atoms with Crippen molar-refractivity contribution in [3.05, 3.63) is 77.1 Å². The highest BCUT2D eigenvalue weighted by Crippen LogP contribution is 2.38. The fraction of sp³-hybridized carbons (Fsp3) is 0.190. The summed E-state index contributed by atoms with van der Waals surface area (Å²) >= 11 is 0. The third-order valence-corrected chi connectivity index (χ3v) is 4.97. The van der Waals surface area contributed by atoms with Crippen molar-refractivity contribution in [3.63, 3.8) is 0 Å². The molecule has 0 aliphatic carbocycles. The van der Waals surface area contributed by atoms with Crippen LogP contribution in [0.15, 0.2) is 53.8 Å². The van der Waals surface area contributed by atoms with E-state index in [0.717, 1.165) is 5.56 Å². The minimum atomic E-state index is -0.669. The first-order valence-corrected chi connectivity index (χ1v) is 8.96. The number of carbonyl (C=O) groups is 2. The van der Waals surface area contributed by atoms with Crippen LogP contribution in [0, 0.1) is 5.82 Å². The highest BCUT2D eigenvalue weighted by atomic mass is 19.1. The van der Waals surface area contributed by atoms with Gasteiger partial charge in [0.1, 0.15) is 30.5 Å². The minimum absolute atomic E-state index is 0.0111. The van der Waals surface area contributed by atoms with Crippen molar-refractivity contribution in [2.45, 2.75) is 11.8 Å². The third kappa shape index (κ3) is 3.44. The maximum absolute atomic E-state index is 13.4. The normalized spacial score (nSPS) is 16.3. The van der Waals surface area contributed by atoms with Gasteiger partial charge in [0.2, 0.25) is 0 Å². The monoisotopic (exact) mass is 392 g/mol. The van der Waals surface area contributed by atoms with Crippen LogP contribution < -0.4 is 0 Å². The molecule has 7 nitrogen and oxygen atoms in total. The Hall–Kier alpha value is -3.68. The molecule has 0 saturated carbocycles. The largest absolute Gasteiger partial charge is 0.467 e. The van der Waals surface area contributed by atoms with Gasteiger partial charge in [-0.25, -0.2) is 4.39 Å². The first-order chi connectivity index (χ1) is 14.1. The second kappa shape index (κ2) is 7.75. The molecule has 2 aromatic carbocycles. The lowest BCUT2D eigenvalue weighted by atomic mass is 9.83. The lowest BCUT2D eigenvalue weighted by Gasteiger charge is -2.24. The van der Waals surface area contributed by atoms with Crippen molar-refractivity contribution in [1.82, 2.24) is 14.8 Å². The van der Waals surface area contributed by atoms with Crippen LogP contribution in [0.1, 0.15) is 39.1 Å². The summed E-state index contributed by atoms with van der Waals surface area (Å²) in [5.41, 5.74) is 2.35. The molecule has 0 spiro atoms. The predicted octanol–water partition coefficient (Wildman–Crippen LogP) is 2.94. The van der Waals surface area contributed by atoms with Crippen LogP contribution in [-0.4, -0.2) is 39.8 Å². The van der Waals surface area contributed by atoms with E-state index < -0.39 is 11.8 Å². The summed E-state index contributed by atoms with van der Waals surface area (Å²) in [5, 5.41) is 7.89. The van der Waals surface area contributed by atoms with Gasteiger partial charge in [0.15, 0.2) is 5.78 Å². The van der Waals surface area contributed by atoms with E-state index in [1.807, 2.05) is 0 Å². The molecule has 0 fully saturated rings. The van der Waals surface area contributed by atoms with Gasteiger partial charge in [0.05, 0.1) is 5.69 Å². The van der Waals surface area contributed by atoms with Gasteiger partial charge in [-0.1, -0.05) is 24.3 Å². The molecule has 0 bridgehead atoms. The number of benzene rings is 2. The summed E-state index contributed by atoms with van der Waals surface area (Å²) in [7, 11) is 1.76. The standard InChI is InChI=1S/C21H17FN4O3/c1-26-11-24-25-21(26)16-9-23-18-4-2-3-15(19(18)20(16)28)17(10-29-12-27)13-5-7-14(22)8-6-13/h2-9,11-12,16-17H,10H2,1H3. The van der Waals surface area contributed by atoms with Gasteiger partial charge >= 0.3 is 0 Å². The fourth-order valence-corrected chi connectivity index (χ4v) is 3.56. The Kier molecular flexibility index (Phi) is 4.99. The van der Waals surface area contributed by atoms with Gasteiger partial charge in [-0.15, -0.1) is 10.2 Å². The Morgan fingerprint density at radius 2 is 2.03 bits per heavy atom. The fourth-order valence-electron chi connectivity index (χ4n) is 3.56. The van der Waals surface area contributed by atoms with Crippen LogP contribution in [-0.2, 0) is 16.6 Å². The lowest BCUT2D eigenvalue weighted by Crippen LogP contribution is -2.24. The maximum atomic E-state index is 13.4. The smallest absolute Gasteiger partial charge is 0.293 e. The molecule has 0 saturated heterocycles. The molecule has 0 radical (unpaired) electrons. The molecule has 2 heterocycles. The number of hydrogen-bond donors (Lipinski definition) is 0. The number of aryl methyl sites for hydroxylation is 1.